The molecule has 0 bridgehead atoms. The second-order valence-electron chi connectivity index (χ2n) is 6.29. The standard InChI is InChI=1S/C17H18F6N2O3/c18-16(19,20)5-1-7-28-13-3-2-10(17(21,22)23)8-12(13)15(27)25-11-4-6-24-14(26)9-11/h2-3,8,11H,1,4-7,9H2,(H,24,26)(H,25,27). The van der Waals surface area contributed by atoms with Crippen molar-refractivity contribution in [3.05, 3.63) is 29.3 Å². The molecule has 1 unspecified atom stereocenters. The van der Waals surface area contributed by atoms with Gasteiger partial charge in [-0.3, -0.25) is 9.59 Å². The van der Waals surface area contributed by atoms with Crippen molar-refractivity contribution in [2.24, 2.45) is 0 Å². The molecule has 1 aliphatic heterocycles. The molecule has 0 saturated carbocycles. The number of hydrogen-bond acceptors (Lipinski definition) is 3. The average Bonchev–Trinajstić information content (AvgIpc) is 2.57. The third-order valence-corrected chi connectivity index (χ3v) is 4.00. The Balaban J connectivity index is 2.14. The Bertz CT molecular complexity index is 718. The van der Waals surface area contributed by atoms with E-state index in [9.17, 15) is 35.9 Å². The zero-order valence-electron chi connectivity index (χ0n) is 14.5. The van der Waals surface area contributed by atoms with Gasteiger partial charge in [0, 0.05) is 25.4 Å². The van der Waals surface area contributed by atoms with Gasteiger partial charge in [0.05, 0.1) is 17.7 Å². The van der Waals surface area contributed by atoms with E-state index in [2.05, 4.69) is 10.6 Å². The SMILES string of the molecule is O=C1CC(NC(=O)c2cc(C(F)(F)F)ccc2OCCCC(F)(F)F)CCN1. The van der Waals surface area contributed by atoms with Gasteiger partial charge < -0.3 is 15.4 Å². The van der Waals surface area contributed by atoms with Crippen LogP contribution in [-0.2, 0) is 11.0 Å². The molecule has 1 aromatic rings. The van der Waals surface area contributed by atoms with Gasteiger partial charge in [-0.25, -0.2) is 0 Å². The summed E-state index contributed by atoms with van der Waals surface area (Å²) in [6, 6.07) is 1.61. The first-order valence-corrected chi connectivity index (χ1v) is 8.44. The van der Waals surface area contributed by atoms with E-state index in [0.717, 1.165) is 6.07 Å². The molecule has 1 atom stereocenters. The van der Waals surface area contributed by atoms with Gasteiger partial charge >= 0.3 is 12.4 Å². The van der Waals surface area contributed by atoms with Crippen molar-refractivity contribution in [3.63, 3.8) is 0 Å². The van der Waals surface area contributed by atoms with Crippen LogP contribution in [0.3, 0.4) is 0 Å². The molecule has 2 rings (SSSR count). The molecule has 5 nitrogen and oxygen atoms in total. The Morgan fingerprint density at radius 3 is 2.54 bits per heavy atom. The van der Waals surface area contributed by atoms with E-state index in [4.69, 9.17) is 4.74 Å². The third kappa shape index (κ3) is 6.61. The largest absolute Gasteiger partial charge is 0.493 e. The van der Waals surface area contributed by atoms with Crippen LogP contribution in [-0.4, -0.2) is 37.2 Å². The molecular formula is C17H18F6N2O3. The highest BCUT2D eigenvalue weighted by atomic mass is 19.4. The molecule has 0 aliphatic carbocycles. The van der Waals surface area contributed by atoms with Gasteiger partial charge in [-0.2, -0.15) is 26.3 Å². The second kappa shape index (κ2) is 8.70. The van der Waals surface area contributed by atoms with E-state index in [1.807, 2.05) is 0 Å². The highest BCUT2D eigenvalue weighted by molar-refractivity contribution is 5.97. The summed E-state index contributed by atoms with van der Waals surface area (Å²) < 4.78 is 80.6. The molecule has 1 fully saturated rings. The smallest absolute Gasteiger partial charge is 0.416 e. The molecule has 2 N–H and O–H groups in total. The number of rotatable bonds is 6. The summed E-state index contributed by atoms with van der Waals surface area (Å²) in [5.41, 5.74) is -1.55. The van der Waals surface area contributed by atoms with E-state index in [0.29, 0.717) is 25.1 Å². The molecular weight excluding hydrogens is 394 g/mol. The number of benzene rings is 1. The Kier molecular flexibility index (Phi) is 6.78. The second-order valence-corrected chi connectivity index (χ2v) is 6.29. The molecule has 28 heavy (non-hydrogen) atoms. The zero-order valence-corrected chi connectivity index (χ0v) is 14.5. The van der Waals surface area contributed by atoms with Crippen LogP contribution in [0, 0.1) is 0 Å². The van der Waals surface area contributed by atoms with Crippen LogP contribution in [0.5, 0.6) is 5.75 Å². The van der Waals surface area contributed by atoms with Crippen molar-refractivity contribution in [1.82, 2.24) is 10.6 Å². The first-order chi connectivity index (χ1) is 13.0. The number of piperidine rings is 1. The van der Waals surface area contributed by atoms with Gasteiger partial charge in [0.1, 0.15) is 5.75 Å². The maximum Gasteiger partial charge on any atom is 0.416 e. The minimum absolute atomic E-state index is 0.0214. The predicted molar refractivity (Wildman–Crippen MR) is 85.7 cm³/mol. The van der Waals surface area contributed by atoms with E-state index >= 15 is 0 Å². The molecule has 0 radical (unpaired) electrons. The Morgan fingerprint density at radius 2 is 1.93 bits per heavy atom. The van der Waals surface area contributed by atoms with Crippen molar-refractivity contribution in [2.75, 3.05) is 13.2 Å². The van der Waals surface area contributed by atoms with Crippen LogP contribution < -0.4 is 15.4 Å². The molecule has 0 aromatic heterocycles. The van der Waals surface area contributed by atoms with E-state index < -0.39 is 54.9 Å². The lowest BCUT2D eigenvalue weighted by Crippen LogP contribution is -2.45. The molecule has 11 heteroatoms. The summed E-state index contributed by atoms with van der Waals surface area (Å²) in [6.07, 6.45) is -10.2. The minimum atomic E-state index is -4.71. The first kappa shape index (κ1) is 21.8. The van der Waals surface area contributed by atoms with Crippen LogP contribution in [0.25, 0.3) is 0 Å². The highest BCUT2D eigenvalue weighted by Crippen LogP contribution is 2.33. The van der Waals surface area contributed by atoms with Crippen molar-refractivity contribution < 1.29 is 40.7 Å². The Labute approximate surface area is 156 Å². The topological polar surface area (TPSA) is 67.4 Å². The quantitative estimate of drug-likeness (QED) is 0.556. The lowest BCUT2D eigenvalue weighted by molar-refractivity contribution is -0.138. The molecule has 1 aromatic carbocycles. The number of halogens is 6. The zero-order chi connectivity index (χ0) is 20.9. The summed E-state index contributed by atoms with van der Waals surface area (Å²) in [5.74, 6) is -1.45. The summed E-state index contributed by atoms with van der Waals surface area (Å²) in [4.78, 5) is 23.8. The summed E-state index contributed by atoms with van der Waals surface area (Å²) in [5, 5.41) is 5.03. The normalized spacial score (nSPS) is 17.8. The van der Waals surface area contributed by atoms with E-state index in [1.54, 1.807) is 0 Å². The lowest BCUT2D eigenvalue weighted by Gasteiger charge is -2.24. The van der Waals surface area contributed by atoms with Crippen molar-refractivity contribution in [2.45, 2.75) is 44.1 Å². The van der Waals surface area contributed by atoms with Crippen molar-refractivity contribution in [1.29, 1.82) is 0 Å². The van der Waals surface area contributed by atoms with Crippen LogP contribution in [0.2, 0.25) is 0 Å². The fourth-order valence-corrected chi connectivity index (χ4v) is 2.63. The summed E-state index contributed by atoms with van der Waals surface area (Å²) in [7, 11) is 0. The molecule has 1 saturated heterocycles. The number of carbonyl (C=O) groups is 2. The summed E-state index contributed by atoms with van der Waals surface area (Å²) >= 11 is 0. The highest BCUT2D eigenvalue weighted by Gasteiger charge is 2.33. The van der Waals surface area contributed by atoms with Gasteiger partial charge in [-0.05, 0) is 31.0 Å². The fraction of sp³-hybridized carbons (Fsp3) is 0.529. The first-order valence-electron chi connectivity index (χ1n) is 8.44. The van der Waals surface area contributed by atoms with Crippen molar-refractivity contribution in [3.8, 4) is 5.75 Å². The number of ether oxygens (including phenoxy) is 1. The number of carbonyl (C=O) groups excluding carboxylic acids is 2. The Hall–Kier alpha value is -2.46. The van der Waals surface area contributed by atoms with Crippen LogP contribution in [0.1, 0.15) is 41.6 Å². The summed E-state index contributed by atoms with van der Waals surface area (Å²) in [6.45, 7) is -0.107. The van der Waals surface area contributed by atoms with Gasteiger partial charge in [0.25, 0.3) is 5.91 Å². The number of hydrogen-bond donors (Lipinski definition) is 2. The van der Waals surface area contributed by atoms with Crippen LogP contribution in [0.4, 0.5) is 26.3 Å². The molecule has 156 valence electrons. The van der Waals surface area contributed by atoms with E-state index in [1.165, 1.54) is 0 Å². The van der Waals surface area contributed by atoms with Gasteiger partial charge in [-0.15, -0.1) is 0 Å². The van der Waals surface area contributed by atoms with Crippen LogP contribution in [0.15, 0.2) is 18.2 Å². The molecule has 0 spiro atoms. The lowest BCUT2D eigenvalue weighted by atomic mass is 10.0. The number of alkyl halides is 6. The monoisotopic (exact) mass is 412 g/mol. The minimum Gasteiger partial charge on any atom is -0.493 e. The average molecular weight is 412 g/mol. The Morgan fingerprint density at radius 1 is 1.21 bits per heavy atom. The maximum absolute atomic E-state index is 13.0. The van der Waals surface area contributed by atoms with Crippen LogP contribution >= 0.6 is 0 Å². The molecule has 1 heterocycles. The van der Waals surface area contributed by atoms with Gasteiger partial charge in [0.15, 0.2) is 0 Å². The predicted octanol–water partition coefficient (Wildman–Crippen LogP) is 3.44. The molecule has 2 amide bonds. The van der Waals surface area contributed by atoms with Gasteiger partial charge in [-0.1, -0.05) is 0 Å². The molecule has 1 aliphatic rings. The van der Waals surface area contributed by atoms with Crippen molar-refractivity contribution >= 4 is 11.8 Å². The number of nitrogens with one attached hydrogen (secondary N) is 2. The van der Waals surface area contributed by atoms with Gasteiger partial charge in [0.2, 0.25) is 5.91 Å². The third-order valence-electron chi connectivity index (χ3n) is 4.00. The fourth-order valence-electron chi connectivity index (χ4n) is 2.63. The van der Waals surface area contributed by atoms with E-state index in [-0.39, 0.29) is 18.1 Å². The number of amides is 2. The maximum atomic E-state index is 13.0.